The minimum atomic E-state index is -1.21. The van der Waals surface area contributed by atoms with Gasteiger partial charge in [0.25, 0.3) is 0 Å². The van der Waals surface area contributed by atoms with E-state index in [1.54, 1.807) is 42.5 Å². The van der Waals surface area contributed by atoms with Crippen LogP contribution in [0.2, 0.25) is 0 Å². The fraction of sp³-hybridized carbons (Fsp3) is 0.233. The number of halogens is 1. The standard InChI is InChI=1S/C30H28FN3O3/c31-27-24(25-17-34-26(32)18-33-25)14-13-23(20-7-4-8-20)30(27)37-16-15-19-9-11-22(12-10-19)29(36)28(35)21-5-2-1-3-6-21/h1-3,5-6,9-14,17-18,20,28,35H,4,7-8,15-16H2,(H2,32,34). The zero-order valence-corrected chi connectivity index (χ0v) is 20.3. The van der Waals surface area contributed by atoms with Gasteiger partial charge in [0, 0.05) is 23.1 Å². The highest BCUT2D eigenvalue weighted by Gasteiger charge is 2.27. The second kappa shape index (κ2) is 10.9. The average molecular weight is 498 g/mol. The summed E-state index contributed by atoms with van der Waals surface area (Å²) in [5.41, 5.74) is 9.16. The monoisotopic (exact) mass is 497 g/mol. The summed E-state index contributed by atoms with van der Waals surface area (Å²) < 4.78 is 21.7. The highest BCUT2D eigenvalue weighted by atomic mass is 19.1. The van der Waals surface area contributed by atoms with E-state index in [4.69, 9.17) is 10.5 Å². The summed E-state index contributed by atoms with van der Waals surface area (Å²) in [4.78, 5) is 20.9. The van der Waals surface area contributed by atoms with Crippen molar-refractivity contribution >= 4 is 11.6 Å². The Labute approximate surface area is 215 Å². The Balaban J connectivity index is 1.28. The van der Waals surface area contributed by atoms with Gasteiger partial charge in [0.05, 0.1) is 24.7 Å². The molecule has 0 bridgehead atoms. The van der Waals surface area contributed by atoms with Crippen molar-refractivity contribution in [1.82, 2.24) is 9.97 Å². The fourth-order valence-electron chi connectivity index (χ4n) is 4.48. The molecule has 1 fully saturated rings. The number of aliphatic hydroxyl groups is 1. The van der Waals surface area contributed by atoms with Gasteiger partial charge in [-0.1, -0.05) is 67.1 Å². The third-order valence-electron chi connectivity index (χ3n) is 6.86. The molecule has 0 spiro atoms. The number of nitrogen functional groups attached to an aromatic ring is 1. The van der Waals surface area contributed by atoms with Crippen LogP contribution >= 0.6 is 0 Å². The van der Waals surface area contributed by atoms with E-state index >= 15 is 4.39 Å². The molecular weight excluding hydrogens is 469 g/mol. The summed E-state index contributed by atoms with van der Waals surface area (Å²) in [5, 5.41) is 10.4. The molecule has 1 atom stereocenters. The maximum Gasteiger partial charge on any atom is 0.195 e. The van der Waals surface area contributed by atoms with Crippen molar-refractivity contribution in [3.63, 3.8) is 0 Å². The number of hydrogen-bond donors (Lipinski definition) is 2. The SMILES string of the molecule is Nc1cnc(-c2ccc(C3CCC3)c(OCCc3ccc(C(=O)C(O)c4ccccc4)cc3)c2F)cn1. The molecule has 1 unspecified atom stereocenters. The third-order valence-corrected chi connectivity index (χ3v) is 6.86. The van der Waals surface area contributed by atoms with Crippen LogP contribution in [0, 0.1) is 5.82 Å². The number of carbonyl (C=O) groups excluding carboxylic acids is 1. The van der Waals surface area contributed by atoms with E-state index in [1.807, 2.05) is 24.3 Å². The molecule has 1 aliphatic carbocycles. The molecule has 0 saturated heterocycles. The number of Topliss-reactive ketones (excluding diaryl/α,β-unsaturated/α-hetero) is 1. The predicted molar refractivity (Wildman–Crippen MR) is 140 cm³/mol. The number of carbonyl (C=O) groups is 1. The van der Waals surface area contributed by atoms with Crippen molar-refractivity contribution < 1.29 is 19.0 Å². The van der Waals surface area contributed by atoms with Crippen molar-refractivity contribution in [2.75, 3.05) is 12.3 Å². The Morgan fingerprint density at radius 2 is 1.78 bits per heavy atom. The van der Waals surface area contributed by atoms with Gasteiger partial charge >= 0.3 is 0 Å². The lowest BCUT2D eigenvalue weighted by Gasteiger charge is -2.28. The summed E-state index contributed by atoms with van der Waals surface area (Å²) >= 11 is 0. The maximum atomic E-state index is 15.6. The van der Waals surface area contributed by atoms with E-state index in [1.165, 1.54) is 12.4 Å². The number of nitrogens with two attached hydrogens (primary N) is 1. The van der Waals surface area contributed by atoms with Crippen LogP contribution < -0.4 is 10.5 Å². The van der Waals surface area contributed by atoms with Gasteiger partial charge in [-0.2, -0.15) is 0 Å². The number of benzene rings is 3. The molecule has 0 aliphatic heterocycles. The predicted octanol–water partition coefficient (Wildman–Crippen LogP) is 5.67. The molecular formula is C30H28FN3O3. The summed E-state index contributed by atoms with van der Waals surface area (Å²) in [6.07, 6.45) is 5.34. The first-order valence-electron chi connectivity index (χ1n) is 12.4. The van der Waals surface area contributed by atoms with Gasteiger partial charge in [-0.3, -0.25) is 9.78 Å². The van der Waals surface area contributed by atoms with Gasteiger partial charge in [0.15, 0.2) is 17.3 Å². The summed E-state index contributed by atoms with van der Waals surface area (Å²) in [6.45, 7) is 0.271. The minimum absolute atomic E-state index is 0.263. The Hall–Kier alpha value is -4.10. The number of aliphatic hydroxyl groups excluding tert-OH is 1. The zero-order valence-electron chi connectivity index (χ0n) is 20.3. The molecule has 0 amide bonds. The van der Waals surface area contributed by atoms with Crippen LogP contribution in [0.5, 0.6) is 5.75 Å². The van der Waals surface area contributed by atoms with Gasteiger partial charge in [-0.05, 0) is 36.0 Å². The van der Waals surface area contributed by atoms with Crippen LogP contribution in [0.1, 0.15) is 58.3 Å². The van der Waals surface area contributed by atoms with E-state index in [-0.39, 0.29) is 29.9 Å². The Morgan fingerprint density at radius 1 is 1.03 bits per heavy atom. The zero-order chi connectivity index (χ0) is 25.8. The number of hydrogen-bond acceptors (Lipinski definition) is 6. The number of ether oxygens (including phenoxy) is 1. The van der Waals surface area contributed by atoms with E-state index in [9.17, 15) is 9.90 Å². The molecule has 0 radical (unpaired) electrons. The summed E-state index contributed by atoms with van der Waals surface area (Å²) in [7, 11) is 0. The van der Waals surface area contributed by atoms with Crippen molar-refractivity contribution in [2.24, 2.45) is 0 Å². The fourth-order valence-corrected chi connectivity index (χ4v) is 4.48. The number of aromatic nitrogens is 2. The molecule has 1 aliphatic rings. The second-order valence-electron chi connectivity index (χ2n) is 9.27. The van der Waals surface area contributed by atoms with Crippen molar-refractivity contribution in [3.05, 3.63) is 107 Å². The lowest BCUT2D eigenvalue weighted by molar-refractivity contribution is 0.0747. The Morgan fingerprint density at radius 3 is 2.43 bits per heavy atom. The summed E-state index contributed by atoms with van der Waals surface area (Å²) in [6, 6.07) is 19.6. The molecule has 1 aromatic heterocycles. The van der Waals surface area contributed by atoms with Gasteiger partial charge in [-0.25, -0.2) is 9.37 Å². The van der Waals surface area contributed by atoms with Crippen molar-refractivity contribution in [1.29, 1.82) is 0 Å². The topological polar surface area (TPSA) is 98.3 Å². The van der Waals surface area contributed by atoms with E-state index in [0.29, 0.717) is 28.8 Å². The number of nitrogens with zero attached hydrogens (tertiary/aromatic N) is 2. The molecule has 6 nitrogen and oxygen atoms in total. The number of ketones is 1. The summed E-state index contributed by atoms with van der Waals surface area (Å²) in [5.74, 6) is 0.0214. The Bertz CT molecular complexity index is 1370. The molecule has 37 heavy (non-hydrogen) atoms. The van der Waals surface area contributed by atoms with E-state index < -0.39 is 11.9 Å². The minimum Gasteiger partial charge on any atom is -0.490 e. The van der Waals surface area contributed by atoms with E-state index in [2.05, 4.69) is 9.97 Å². The molecule has 188 valence electrons. The van der Waals surface area contributed by atoms with Gasteiger partial charge < -0.3 is 15.6 Å². The quantitative estimate of drug-likeness (QED) is 0.289. The molecule has 7 heteroatoms. The molecule has 3 aromatic carbocycles. The molecule has 5 rings (SSSR count). The van der Waals surface area contributed by atoms with E-state index in [0.717, 1.165) is 30.4 Å². The molecule has 1 heterocycles. The highest BCUT2D eigenvalue weighted by molar-refractivity contribution is 5.99. The largest absolute Gasteiger partial charge is 0.490 e. The van der Waals surface area contributed by atoms with Gasteiger partial charge in [-0.15, -0.1) is 0 Å². The van der Waals surface area contributed by atoms with Crippen LogP contribution in [-0.4, -0.2) is 27.5 Å². The maximum absolute atomic E-state index is 15.6. The first-order valence-corrected chi connectivity index (χ1v) is 12.4. The number of anilines is 1. The lowest BCUT2D eigenvalue weighted by Crippen LogP contribution is -2.14. The van der Waals surface area contributed by atoms with Crippen LogP contribution in [0.25, 0.3) is 11.3 Å². The number of rotatable bonds is 9. The molecule has 1 saturated carbocycles. The first-order chi connectivity index (χ1) is 18.0. The second-order valence-corrected chi connectivity index (χ2v) is 9.27. The van der Waals surface area contributed by atoms with Crippen LogP contribution in [0.15, 0.2) is 79.1 Å². The van der Waals surface area contributed by atoms with Crippen LogP contribution in [0.3, 0.4) is 0 Å². The normalized spacial score (nSPS) is 14.1. The molecule has 4 aromatic rings. The van der Waals surface area contributed by atoms with Gasteiger partial charge in [0.2, 0.25) is 0 Å². The van der Waals surface area contributed by atoms with Crippen molar-refractivity contribution in [2.45, 2.75) is 37.7 Å². The van der Waals surface area contributed by atoms with Crippen molar-refractivity contribution in [3.8, 4) is 17.0 Å². The first kappa shape index (κ1) is 24.6. The van der Waals surface area contributed by atoms with Gasteiger partial charge in [0.1, 0.15) is 11.9 Å². The third kappa shape index (κ3) is 5.37. The van der Waals surface area contributed by atoms with Crippen LogP contribution in [0.4, 0.5) is 10.2 Å². The smallest absolute Gasteiger partial charge is 0.195 e. The highest BCUT2D eigenvalue weighted by Crippen LogP contribution is 2.43. The molecule has 3 N–H and O–H groups in total. The Kier molecular flexibility index (Phi) is 7.23. The lowest BCUT2D eigenvalue weighted by atomic mass is 9.79. The average Bonchev–Trinajstić information content (AvgIpc) is 2.90. The van der Waals surface area contributed by atoms with Crippen LogP contribution in [-0.2, 0) is 6.42 Å².